The second-order valence-corrected chi connectivity index (χ2v) is 8.16. The number of fused-ring (bicyclic) bond motifs is 1. The van der Waals surface area contributed by atoms with Gasteiger partial charge >= 0.3 is 0 Å². The average Bonchev–Trinajstić information content (AvgIpc) is 3.32. The van der Waals surface area contributed by atoms with Crippen molar-refractivity contribution in [3.63, 3.8) is 0 Å². The molecule has 0 saturated carbocycles. The van der Waals surface area contributed by atoms with Gasteiger partial charge in [-0.15, -0.1) is 11.3 Å². The summed E-state index contributed by atoms with van der Waals surface area (Å²) >= 11 is 9.10. The second-order valence-electron chi connectivity index (χ2n) is 5.74. The van der Waals surface area contributed by atoms with Gasteiger partial charge in [-0.1, -0.05) is 67.2 Å². The van der Waals surface area contributed by atoms with Crippen molar-refractivity contribution in [2.75, 3.05) is 13.6 Å². The summed E-state index contributed by atoms with van der Waals surface area (Å²) in [6, 6.07) is 12.4. The molecule has 2 nitrogen and oxygen atoms in total. The Morgan fingerprint density at radius 1 is 1.15 bits per heavy atom. The van der Waals surface area contributed by atoms with Crippen LogP contribution < -0.4 is 0 Å². The second kappa shape index (κ2) is 11.1. The van der Waals surface area contributed by atoms with Crippen molar-refractivity contribution < 1.29 is 0 Å². The summed E-state index contributed by atoms with van der Waals surface area (Å²) in [7, 11) is 2.15. The van der Waals surface area contributed by atoms with E-state index in [1.54, 1.807) is 23.5 Å². The van der Waals surface area contributed by atoms with Crippen molar-refractivity contribution in [1.29, 1.82) is 0 Å². The molecule has 0 amide bonds. The first-order valence-electron chi connectivity index (χ1n) is 8.28. The molecule has 0 radical (unpaired) electrons. The summed E-state index contributed by atoms with van der Waals surface area (Å²) < 4.78 is 4.98. The Hall–Kier alpha value is -1.72. The molecule has 5 heteroatoms. The largest absolute Gasteiger partial charge is 0.301 e. The monoisotopic (exact) mass is 402 g/mol. The van der Waals surface area contributed by atoms with Gasteiger partial charge in [-0.2, -0.15) is 0 Å². The molecule has 0 N–H and O–H groups in total. The number of benzene rings is 1. The molecule has 3 aromatic rings. The number of hydrogen-bond donors (Lipinski definition) is 0. The third-order valence-corrected chi connectivity index (χ3v) is 5.63. The van der Waals surface area contributed by atoms with Gasteiger partial charge in [0.15, 0.2) is 0 Å². The molecular weight excluding hydrogens is 380 g/mol. The number of likely N-dealkylation sites (N-methyl/N-ethyl adjacent to an activating group) is 1. The van der Waals surface area contributed by atoms with E-state index in [1.165, 1.54) is 39.6 Å². The minimum absolute atomic E-state index is 0.935. The van der Waals surface area contributed by atoms with Crippen LogP contribution in [0.15, 0.2) is 73.3 Å². The van der Waals surface area contributed by atoms with E-state index in [0.29, 0.717) is 0 Å². The van der Waals surface area contributed by atoms with Crippen LogP contribution in [0.2, 0.25) is 4.34 Å². The predicted molar refractivity (Wildman–Crippen MR) is 117 cm³/mol. The summed E-state index contributed by atoms with van der Waals surface area (Å²) in [5.74, 6) is 0. The first-order chi connectivity index (χ1) is 12.6. The van der Waals surface area contributed by atoms with E-state index in [2.05, 4.69) is 53.1 Å². The van der Waals surface area contributed by atoms with E-state index in [-0.39, 0.29) is 0 Å². The van der Waals surface area contributed by atoms with Gasteiger partial charge in [-0.25, -0.2) is 4.37 Å². The van der Waals surface area contributed by atoms with Gasteiger partial charge in [0.25, 0.3) is 0 Å². The van der Waals surface area contributed by atoms with Gasteiger partial charge in [-0.3, -0.25) is 0 Å². The molecule has 1 aliphatic heterocycles. The third-order valence-electron chi connectivity index (χ3n) is 3.75. The van der Waals surface area contributed by atoms with Crippen LogP contribution in [0.4, 0.5) is 0 Å². The Labute approximate surface area is 169 Å². The Bertz CT molecular complexity index is 789. The zero-order valence-electron chi connectivity index (χ0n) is 14.9. The summed E-state index contributed by atoms with van der Waals surface area (Å²) in [5, 5.41) is 2.05. The van der Waals surface area contributed by atoms with Gasteiger partial charge in [0.1, 0.15) is 0 Å². The standard InChI is InChI=1S/C9H7NS.C8H10ClNS.C4H6/c1-2-4-8(5-3-1)9-6-10-11-7-9;1-10-3-2-6-4-8(9)11-7(6)5-10;1-3-4-2/h1-7H;4H,2-3,5H2,1H3;3-4H,1-2H2. The maximum absolute atomic E-state index is 5.90. The number of nitrogens with zero attached hydrogens (tertiary/aromatic N) is 2. The zero-order valence-corrected chi connectivity index (χ0v) is 17.3. The van der Waals surface area contributed by atoms with Crippen molar-refractivity contribution in [3.05, 3.63) is 88.1 Å². The van der Waals surface area contributed by atoms with E-state index in [1.807, 2.05) is 24.4 Å². The van der Waals surface area contributed by atoms with Gasteiger partial charge in [0.2, 0.25) is 0 Å². The number of rotatable bonds is 2. The van der Waals surface area contributed by atoms with Crippen LogP contribution in [0, 0.1) is 0 Å². The van der Waals surface area contributed by atoms with E-state index in [4.69, 9.17) is 11.6 Å². The lowest BCUT2D eigenvalue weighted by atomic mass is 10.1. The molecule has 0 aliphatic carbocycles. The molecule has 2 aromatic heterocycles. The van der Waals surface area contributed by atoms with Crippen molar-refractivity contribution in [2.45, 2.75) is 13.0 Å². The number of allylic oxidation sites excluding steroid dienone is 2. The normalized spacial score (nSPS) is 12.7. The minimum Gasteiger partial charge on any atom is -0.301 e. The third kappa shape index (κ3) is 6.54. The van der Waals surface area contributed by atoms with Crippen molar-refractivity contribution >= 4 is 34.5 Å². The van der Waals surface area contributed by atoms with Crippen molar-refractivity contribution in [2.24, 2.45) is 0 Å². The lowest BCUT2D eigenvalue weighted by molar-refractivity contribution is 0.317. The fraction of sp³-hybridized carbons (Fsp3) is 0.190. The van der Waals surface area contributed by atoms with Crippen LogP contribution in [0.1, 0.15) is 10.4 Å². The number of hydrogen-bond acceptors (Lipinski definition) is 4. The van der Waals surface area contributed by atoms with Crippen LogP contribution in [-0.4, -0.2) is 22.9 Å². The summed E-state index contributed by atoms with van der Waals surface area (Å²) in [4.78, 5) is 3.78. The molecule has 136 valence electrons. The molecule has 26 heavy (non-hydrogen) atoms. The highest BCUT2D eigenvalue weighted by molar-refractivity contribution is 7.16. The smallest absolute Gasteiger partial charge is 0.0934 e. The summed E-state index contributed by atoms with van der Waals surface area (Å²) in [6.45, 7) is 8.97. The highest BCUT2D eigenvalue weighted by Gasteiger charge is 2.15. The highest BCUT2D eigenvalue weighted by Crippen LogP contribution is 2.30. The molecule has 0 spiro atoms. The van der Waals surface area contributed by atoms with E-state index >= 15 is 0 Å². The molecule has 0 bridgehead atoms. The predicted octanol–water partition coefficient (Wildman–Crippen LogP) is 6.56. The molecule has 1 aromatic carbocycles. The molecule has 1 aliphatic rings. The highest BCUT2D eigenvalue weighted by atomic mass is 35.5. The Morgan fingerprint density at radius 3 is 2.50 bits per heavy atom. The molecule has 0 saturated heterocycles. The summed E-state index contributed by atoms with van der Waals surface area (Å²) in [5.41, 5.74) is 3.90. The van der Waals surface area contributed by atoms with E-state index in [0.717, 1.165) is 17.3 Å². The minimum atomic E-state index is 0.935. The van der Waals surface area contributed by atoms with Crippen LogP contribution in [0.5, 0.6) is 0 Å². The molecule has 0 unspecified atom stereocenters. The van der Waals surface area contributed by atoms with Gasteiger partial charge in [-0.05, 0) is 42.2 Å². The van der Waals surface area contributed by atoms with Gasteiger partial charge < -0.3 is 4.90 Å². The maximum atomic E-state index is 5.90. The molecule has 0 fully saturated rings. The lowest BCUT2D eigenvalue weighted by Crippen LogP contribution is -2.24. The fourth-order valence-corrected chi connectivity index (χ4v) is 4.36. The SMILES string of the molecule is C=CC=C.CN1CCc2cc(Cl)sc2C1.c1ccc(-c2cnsc2)cc1. The molecule has 0 atom stereocenters. The zero-order chi connectivity index (χ0) is 18.8. The van der Waals surface area contributed by atoms with Crippen molar-refractivity contribution in [3.8, 4) is 11.1 Å². The van der Waals surface area contributed by atoms with E-state index in [9.17, 15) is 0 Å². The Kier molecular flexibility index (Phi) is 8.78. The maximum Gasteiger partial charge on any atom is 0.0934 e. The molecule has 4 rings (SSSR count). The first kappa shape index (κ1) is 20.6. The fourth-order valence-electron chi connectivity index (χ4n) is 2.39. The topological polar surface area (TPSA) is 16.1 Å². The van der Waals surface area contributed by atoms with Crippen LogP contribution in [0.3, 0.4) is 0 Å². The van der Waals surface area contributed by atoms with Crippen LogP contribution >= 0.6 is 34.5 Å². The molecular formula is C21H23ClN2S2. The number of halogens is 1. The van der Waals surface area contributed by atoms with Gasteiger partial charge in [0.05, 0.1) is 4.34 Å². The molecule has 3 heterocycles. The quantitative estimate of drug-likeness (QED) is 0.451. The Morgan fingerprint density at radius 2 is 1.88 bits per heavy atom. The summed E-state index contributed by atoms with van der Waals surface area (Å²) in [6.07, 6.45) is 6.33. The number of thiophene rings is 1. The van der Waals surface area contributed by atoms with Crippen molar-refractivity contribution in [1.82, 2.24) is 9.27 Å². The Balaban J connectivity index is 0.000000156. The van der Waals surface area contributed by atoms with E-state index < -0.39 is 0 Å². The average molecular weight is 403 g/mol. The number of aromatic nitrogens is 1. The first-order valence-corrected chi connectivity index (χ1v) is 10.3. The lowest BCUT2D eigenvalue weighted by Gasteiger charge is -2.21. The van der Waals surface area contributed by atoms with Crippen LogP contribution in [0.25, 0.3) is 11.1 Å². The van der Waals surface area contributed by atoms with Gasteiger partial charge in [0, 0.05) is 35.1 Å². The van der Waals surface area contributed by atoms with Crippen LogP contribution in [-0.2, 0) is 13.0 Å².